The van der Waals surface area contributed by atoms with Gasteiger partial charge in [-0.05, 0) is 38.1 Å². The molecular formula is C33H28N8O2. The summed E-state index contributed by atoms with van der Waals surface area (Å²) >= 11 is 0. The highest BCUT2D eigenvalue weighted by molar-refractivity contribution is 5.83. The molecule has 10 nitrogen and oxygen atoms in total. The first-order chi connectivity index (χ1) is 20.9. The summed E-state index contributed by atoms with van der Waals surface area (Å²) in [4.78, 5) is 18.5. The average Bonchev–Trinajstić information content (AvgIpc) is 3.69. The normalized spacial score (nSPS) is 13.2. The summed E-state index contributed by atoms with van der Waals surface area (Å²) in [6.45, 7) is 4.16. The Labute approximate surface area is 248 Å². The van der Waals surface area contributed by atoms with Crippen molar-refractivity contribution in [1.29, 1.82) is 0 Å². The monoisotopic (exact) mass is 568 g/mol. The molecule has 0 unspecified atom stereocenters. The van der Waals surface area contributed by atoms with Gasteiger partial charge in [0.25, 0.3) is 0 Å². The van der Waals surface area contributed by atoms with Crippen LogP contribution in [-0.4, -0.2) is 53.7 Å². The predicted octanol–water partition coefficient (Wildman–Crippen LogP) is 5.80. The first-order valence-corrected chi connectivity index (χ1v) is 13.7. The molecule has 0 amide bonds. The zero-order valence-corrected chi connectivity index (χ0v) is 24.1. The minimum Gasteiger partial charge on any atom is -0.497 e. The number of nitrogens with zero attached hydrogens (tertiary/aromatic N) is 8. The molecule has 0 saturated heterocycles. The van der Waals surface area contributed by atoms with Crippen LogP contribution in [0.5, 0.6) is 11.5 Å². The topological polar surface area (TPSA) is 106 Å². The second-order valence-corrected chi connectivity index (χ2v) is 10.7. The van der Waals surface area contributed by atoms with E-state index in [9.17, 15) is 0 Å². The van der Waals surface area contributed by atoms with Gasteiger partial charge in [0.1, 0.15) is 22.9 Å². The highest BCUT2D eigenvalue weighted by atomic mass is 16.5. The van der Waals surface area contributed by atoms with Crippen LogP contribution in [0.1, 0.15) is 36.4 Å². The number of aromatic nitrogens is 8. The first kappa shape index (κ1) is 26.3. The van der Waals surface area contributed by atoms with E-state index in [4.69, 9.17) is 29.6 Å². The fraction of sp³-hybridized carbons (Fsp3) is 0.152. The van der Waals surface area contributed by atoms with Crippen LogP contribution in [0.3, 0.4) is 0 Å². The lowest BCUT2D eigenvalue weighted by Crippen LogP contribution is -2.24. The Balaban J connectivity index is 1.54. The fourth-order valence-corrected chi connectivity index (χ4v) is 5.13. The van der Waals surface area contributed by atoms with E-state index < -0.39 is 5.41 Å². The van der Waals surface area contributed by atoms with Crippen LogP contribution in [0.2, 0.25) is 0 Å². The third kappa shape index (κ3) is 4.72. The maximum atomic E-state index is 5.72. The Hall–Kier alpha value is -5.64. The van der Waals surface area contributed by atoms with Gasteiger partial charge in [0, 0.05) is 89.1 Å². The maximum absolute atomic E-state index is 5.72. The van der Waals surface area contributed by atoms with Crippen LogP contribution < -0.4 is 9.47 Å². The molecule has 7 rings (SSSR count). The predicted molar refractivity (Wildman–Crippen MR) is 163 cm³/mol. The van der Waals surface area contributed by atoms with E-state index in [-0.39, 0.29) is 0 Å². The van der Waals surface area contributed by atoms with Crippen LogP contribution in [0.25, 0.3) is 46.3 Å². The van der Waals surface area contributed by atoms with E-state index in [1.165, 1.54) is 0 Å². The van der Waals surface area contributed by atoms with Gasteiger partial charge in [-0.1, -0.05) is 12.2 Å². The van der Waals surface area contributed by atoms with E-state index in [0.29, 0.717) is 23.1 Å². The van der Waals surface area contributed by atoms with Crippen molar-refractivity contribution < 1.29 is 9.47 Å². The molecule has 6 aromatic heterocycles. The van der Waals surface area contributed by atoms with Crippen molar-refractivity contribution in [3.63, 3.8) is 0 Å². The Morgan fingerprint density at radius 2 is 1.02 bits per heavy atom. The largest absolute Gasteiger partial charge is 0.497 e. The van der Waals surface area contributed by atoms with Crippen LogP contribution in [0.15, 0.2) is 85.7 Å². The van der Waals surface area contributed by atoms with Gasteiger partial charge in [-0.15, -0.1) is 0 Å². The van der Waals surface area contributed by atoms with Gasteiger partial charge in [0.2, 0.25) is 0 Å². The Bertz CT molecular complexity index is 1840. The lowest BCUT2D eigenvalue weighted by Gasteiger charge is -2.25. The molecule has 1 aliphatic heterocycles. The van der Waals surface area contributed by atoms with Gasteiger partial charge < -0.3 is 9.47 Å². The third-order valence-corrected chi connectivity index (χ3v) is 7.63. The van der Waals surface area contributed by atoms with Crippen molar-refractivity contribution >= 4 is 12.2 Å². The van der Waals surface area contributed by atoms with Crippen molar-refractivity contribution in [2.45, 2.75) is 19.3 Å². The highest BCUT2D eigenvalue weighted by Gasteiger charge is 2.30. The fourth-order valence-electron chi connectivity index (χ4n) is 5.13. The van der Waals surface area contributed by atoms with Crippen LogP contribution in [0.4, 0.5) is 0 Å². The SMILES string of the molecule is COc1cc2nc(c1)C(C)(C)c1cc(OC)cc(n1)-n1cc(c(-c3ccncc3)n1)C=Cc1cn-2nc1-c1ccncc1. The molecule has 0 saturated carbocycles. The molecule has 0 aliphatic carbocycles. The molecule has 43 heavy (non-hydrogen) atoms. The Morgan fingerprint density at radius 3 is 1.42 bits per heavy atom. The highest BCUT2D eigenvalue weighted by Crippen LogP contribution is 2.36. The van der Waals surface area contributed by atoms with Crippen molar-refractivity contribution in [2.24, 2.45) is 0 Å². The smallest absolute Gasteiger partial charge is 0.157 e. The molecule has 0 N–H and O–H groups in total. The molecule has 0 fully saturated rings. The van der Waals surface area contributed by atoms with E-state index in [0.717, 1.165) is 45.0 Å². The maximum Gasteiger partial charge on any atom is 0.157 e. The Morgan fingerprint density at radius 1 is 0.605 bits per heavy atom. The summed E-state index contributed by atoms with van der Waals surface area (Å²) in [7, 11) is 3.30. The van der Waals surface area contributed by atoms with Crippen molar-refractivity contribution in [3.05, 3.63) is 108 Å². The molecule has 1 aliphatic rings. The minimum atomic E-state index is -0.640. The molecule has 0 spiro atoms. The molecule has 6 aromatic rings. The number of methoxy groups -OCH3 is 2. The number of rotatable bonds is 4. The van der Waals surface area contributed by atoms with E-state index in [1.54, 1.807) is 48.4 Å². The third-order valence-electron chi connectivity index (χ3n) is 7.63. The molecule has 0 atom stereocenters. The van der Waals surface area contributed by atoms with Crippen molar-refractivity contribution in [2.75, 3.05) is 14.2 Å². The minimum absolute atomic E-state index is 0.624. The van der Waals surface area contributed by atoms with Gasteiger partial charge in [0.05, 0.1) is 25.6 Å². The zero-order chi connectivity index (χ0) is 29.6. The molecular weight excluding hydrogens is 540 g/mol. The van der Waals surface area contributed by atoms with Crippen molar-refractivity contribution in [3.8, 4) is 45.6 Å². The summed E-state index contributed by atoms with van der Waals surface area (Å²) < 4.78 is 15.0. The van der Waals surface area contributed by atoms with Crippen LogP contribution in [-0.2, 0) is 5.41 Å². The molecule has 212 valence electrons. The van der Waals surface area contributed by atoms with E-state index >= 15 is 0 Å². The lowest BCUT2D eigenvalue weighted by atomic mass is 9.84. The number of hydrogen-bond acceptors (Lipinski definition) is 8. The lowest BCUT2D eigenvalue weighted by molar-refractivity contribution is 0.408. The quantitative estimate of drug-likeness (QED) is 0.263. The van der Waals surface area contributed by atoms with Gasteiger partial charge in [-0.25, -0.2) is 19.3 Å². The van der Waals surface area contributed by atoms with Crippen LogP contribution >= 0.6 is 0 Å². The number of hydrogen-bond donors (Lipinski definition) is 0. The summed E-state index contributed by atoms with van der Waals surface area (Å²) in [6.07, 6.45) is 15.1. The van der Waals surface area contributed by atoms with Gasteiger partial charge in [0.15, 0.2) is 11.6 Å². The Kier molecular flexibility index (Phi) is 6.31. The molecule has 10 heteroatoms. The van der Waals surface area contributed by atoms with Crippen LogP contribution in [0, 0.1) is 0 Å². The summed E-state index contributed by atoms with van der Waals surface area (Å²) in [5, 5.41) is 9.99. The van der Waals surface area contributed by atoms with E-state index in [1.807, 2.05) is 73.1 Å². The summed E-state index contributed by atoms with van der Waals surface area (Å²) in [5.74, 6) is 2.58. The van der Waals surface area contributed by atoms with Crippen molar-refractivity contribution in [1.82, 2.24) is 39.5 Å². The van der Waals surface area contributed by atoms with Gasteiger partial charge in [-0.3, -0.25) is 9.97 Å². The second-order valence-electron chi connectivity index (χ2n) is 10.7. The number of pyridine rings is 4. The zero-order valence-electron chi connectivity index (χ0n) is 24.1. The number of ether oxygens (including phenoxy) is 2. The number of fused-ring (bicyclic) bond motifs is 10. The standard InChI is InChI=1S/C33H28N8O2/c1-33(2)27-15-25(42-3)17-29(36-27)40-19-23(31(38-40)21-7-11-34-12-8-21)5-6-24-20-41(30-18-26(43-4)16-28(33)37-30)39-32(24)22-9-13-35-14-10-22/h5-20H,1-4H3. The first-order valence-electron chi connectivity index (χ1n) is 13.7. The second kappa shape index (κ2) is 10.3. The summed E-state index contributed by atoms with van der Waals surface area (Å²) in [6, 6.07) is 15.4. The average molecular weight is 569 g/mol. The molecule has 0 radical (unpaired) electrons. The van der Waals surface area contributed by atoms with E-state index in [2.05, 4.69) is 23.8 Å². The molecule has 8 bridgehead atoms. The summed E-state index contributed by atoms with van der Waals surface area (Å²) in [5.41, 5.74) is 6.17. The molecule has 7 heterocycles. The van der Waals surface area contributed by atoms with Gasteiger partial charge in [-0.2, -0.15) is 10.2 Å². The van der Waals surface area contributed by atoms with Gasteiger partial charge >= 0.3 is 0 Å². The molecule has 0 aromatic carbocycles.